The van der Waals surface area contributed by atoms with Gasteiger partial charge in [0.1, 0.15) is 11.3 Å². The molecule has 0 aliphatic carbocycles. The molecular weight excluding hydrogens is 284 g/mol. The molecule has 0 bridgehead atoms. The van der Waals surface area contributed by atoms with Crippen molar-refractivity contribution >= 4 is 22.6 Å². The van der Waals surface area contributed by atoms with E-state index < -0.39 is 0 Å². The van der Waals surface area contributed by atoms with Crippen LogP contribution in [0.1, 0.15) is 23.7 Å². The van der Waals surface area contributed by atoms with Crippen molar-refractivity contribution in [1.82, 2.24) is 9.55 Å². The van der Waals surface area contributed by atoms with Crippen LogP contribution in [0.4, 0.5) is 0 Å². The molecule has 1 aliphatic heterocycles. The zero-order valence-electron chi connectivity index (χ0n) is 11.5. The van der Waals surface area contributed by atoms with Gasteiger partial charge in [-0.15, -0.1) is 0 Å². The van der Waals surface area contributed by atoms with Crippen molar-refractivity contribution in [2.75, 3.05) is 0 Å². The van der Waals surface area contributed by atoms with Gasteiger partial charge in [-0.3, -0.25) is 0 Å². The SMILES string of the molecule is Oc1c(Cl)ccc2c1nc1n2CCC(c2ccccc2)C1. The summed E-state index contributed by atoms with van der Waals surface area (Å²) >= 11 is 5.98. The molecule has 0 fully saturated rings. The maximum absolute atomic E-state index is 10.1. The smallest absolute Gasteiger partial charge is 0.162 e. The predicted octanol–water partition coefficient (Wildman–Crippen LogP) is 4.13. The van der Waals surface area contributed by atoms with Crippen LogP contribution in [0.15, 0.2) is 42.5 Å². The summed E-state index contributed by atoms with van der Waals surface area (Å²) in [7, 11) is 0. The van der Waals surface area contributed by atoms with E-state index in [9.17, 15) is 5.11 Å². The third-order valence-electron chi connectivity index (χ3n) is 4.33. The summed E-state index contributed by atoms with van der Waals surface area (Å²) in [5.74, 6) is 1.61. The zero-order chi connectivity index (χ0) is 14.4. The van der Waals surface area contributed by atoms with Crippen LogP contribution in [0.5, 0.6) is 5.75 Å². The number of aryl methyl sites for hydroxylation is 1. The molecule has 3 nitrogen and oxygen atoms in total. The molecule has 0 saturated carbocycles. The summed E-state index contributed by atoms with van der Waals surface area (Å²) in [6.07, 6.45) is 1.99. The monoisotopic (exact) mass is 298 g/mol. The number of nitrogens with zero attached hydrogens (tertiary/aromatic N) is 2. The molecule has 4 heteroatoms. The Balaban J connectivity index is 1.78. The van der Waals surface area contributed by atoms with Crippen molar-refractivity contribution in [2.45, 2.75) is 25.3 Å². The number of benzene rings is 2. The van der Waals surface area contributed by atoms with E-state index in [1.54, 1.807) is 6.07 Å². The number of fused-ring (bicyclic) bond motifs is 3. The molecule has 0 saturated heterocycles. The molecule has 1 atom stereocenters. The molecule has 2 heterocycles. The Morgan fingerprint density at radius 3 is 2.76 bits per heavy atom. The molecule has 106 valence electrons. The second kappa shape index (κ2) is 4.78. The highest BCUT2D eigenvalue weighted by Crippen LogP contribution is 2.36. The van der Waals surface area contributed by atoms with Gasteiger partial charge in [-0.25, -0.2) is 4.98 Å². The number of aromatic nitrogens is 2. The second-order valence-corrected chi connectivity index (χ2v) is 5.95. The molecule has 0 radical (unpaired) electrons. The van der Waals surface area contributed by atoms with Crippen LogP contribution >= 0.6 is 11.6 Å². The number of phenols is 1. The third-order valence-corrected chi connectivity index (χ3v) is 4.63. The lowest BCUT2D eigenvalue weighted by Gasteiger charge is -2.24. The van der Waals surface area contributed by atoms with Gasteiger partial charge in [-0.1, -0.05) is 41.9 Å². The number of phenolic OH excluding ortho intramolecular Hbond substituents is 1. The fourth-order valence-electron chi connectivity index (χ4n) is 3.22. The lowest BCUT2D eigenvalue weighted by Crippen LogP contribution is -2.18. The summed E-state index contributed by atoms with van der Waals surface area (Å²) in [5, 5.41) is 10.4. The van der Waals surface area contributed by atoms with Gasteiger partial charge in [0.25, 0.3) is 0 Å². The highest BCUT2D eigenvalue weighted by molar-refractivity contribution is 6.33. The Morgan fingerprint density at radius 1 is 1.14 bits per heavy atom. The van der Waals surface area contributed by atoms with Crippen molar-refractivity contribution in [3.8, 4) is 5.75 Å². The molecule has 0 amide bonds. The minimum absolute atomic E-state index is 0.0901. The van der Waals surface area contributed by atoms with E-state index in [1.165, 1.54) is 5.56 Å². The molecular formula is C17H15ClN2O. The topological polar surface area (TPSA) is 38.1 Å². The Labute approximate surface area is 127 Å². The Morgan fingerprint density at radius 2 is 1.95 bits per heavy atom. The molecule has 3 aromatic rings. The Kier molecular flexibility index (Phi) is 2.89. The molecule has 4 rings (SSSR count). The van der Waals surface area contributed by atoms with Crippen LogP contribution in [0, 0.1) is 0 Å². The molecule has 2 aromatic carbocycles. The molecule has 1 unspecified atom stereocenters. The lowest BCUT2D eigenvalue weighted by atomic mass is 9.90. The highest BCUT2D eigenvalue weighted by Gasteiger charge is 2.24. The molecule has 21 heavy (non-hydrogen) atoms. The van der Waals surface area contributed by atoms with Crippen molar-refractivity contribution in [2.24, 2.45) is 0 Å². The highest BCUT2D eigenvalue weighted by atomic mass is 35.5. The number of hydrogen-bond acceptors (Lipinski definition) is 2. The standard InChI is InChI=1S/C17H15ClN2O/c18-13-6-7-14-16(17(13)21)19-15-10-12(8-9-20(14)15)11-4-2-1-3-5-11/h1-7,12,21H,8-10H2. The fraction of sp³-hybridized carbons (Fsp3) is 0.235. The van der Waals surface area contributed by atoms with Crippen LogP contribution in [-0.2, 0) is 13.0 Å². The lowest BCUT2D eigenvalue weighted by molar-refractivity contribution is 0.473. The van der Waals surface area contributed by atoms with Crippen molar-refractivity contribution in [3.63, 3.8) is 0 Å². The minimum Gasteiger partial charge on any atom is -0.504 e. The first-order valence-electron chi connectivity index (χ1n) is 7.15. The summed E-state index contributed by atoms with van der Waals surface area (Å²) in [5.41, 5.74) is 2.95. The number of imidazole rings is 1. The maximum atomic E-state index is 10.1. The van der Waals surface area contributed by atoms with Gasteiger partial charge in [0, 0.05) is 13.0 Å². The van der Waals surface area contributed by atoms with Gasteiger partial charge in [-0.05, 0) is 30.0 Å². The summed E-state index contributed by atoms with van der Waals surface area (Å²) in [4.78, 5) is 4.62. The van der Waals surface area contributed by atoms with Crippen molar-refractivity contribution < 1.29 is 5.11 Å². The van der Waals surface area contributed by atoms with E-state index in [1.807, 2.05) is 12.1 Å². The van der Waals surface area contributed by atoms with E-state index in [-0.39, 0.29) is 5.75 Å². The Bertz CT molecular complexity index is 811. The molecule has 1 aromatic heterocycles. The fourth-order valence-corrected chi connectivity index (χ4v) is 3.38. The van der Waals surface area contributed by atoms with Gasteiger partial charge >= 0.3 is 0 Å². The third kappa shape index (κ3) is 2.00. The maximum Gasteiger partial charge on any atom is 0.162 e. The summed E-state index contributed by atoms with van der Waals surface area (Å²) in [6.45, 7) is 0.923. The number of hydrogen-bond donors (Lipinski definition) is 1. The summed E-state index contributed by atoms with van der Waals surface area (Å²) in [6, 6.07) is 14.2. The van der Waals surface area contributed by atoms with Crippen LogP contribution in [0.25, 0.3) is 11.0 Å². The van der Waals surface area contributed by atoms with Gasteiger partial charge in [0.15, 0.2) is 5.75 Å². The second-order valence-electron chi connectivity index (χ2n) is 5.54. The minimum atomic E-state index is 0.0901. The normalized spacial score (nSPS) is 17.9. The molecule has 0 spiro atoms. The first-order valence-corrected chi connectivity index (χ1v) is 7.53. The number of rotatable bonds is 1. The van der Waals surface area contributed by atoms with Gasteiger partial charge < -0.3 is 9.67 Å². The van der Waals surface area contributed by atoms with Crippen LogP contribution in [-0.4, -0.2) is 14.7 Å². The first-order chi connectivity index (χ1) is 10.2. The first kappa shape index (κ1) is 12.7. The zero-order valence-corrected chi connectivity index (χ0v) is 12.2. The van der Waals surface area contributed by atoms with E-state index in [4.69, 9.17) is 11.6 Å². The van der Waals surface area contributed by atoms with Gasteiger partial charge in [0.05, 0.1) is 10.5 Å². The van der Waals surface area contributed by atoms with Crippen molar-refractivity contribution in [1.29, 1.82) is 0 Å². The van der Waals surface area contributed by atoms with E-state index in [2.05, 4.69) is 33.8 Å². The summed E-state index contributed by atoms with van der Waals surface area (Å²) < 4.78 is 2.20. The Hall–Kier alpha value is -2.00. The quantitative estimate of drug-likeness (QED) is 0.733. The number of aromatic hydroxyl groups is 1. The van der Waals surface area contributed by atoms with E-state index in [0.717, 1.165) is 30.7 Å². The number of halogens is 1. The molecule has 1 aliphatic rings. The average molecular weight is 299 g/mol. The largest absolute Gasteiger partial charge is 0.504 e. The van der Waals surface area contributed by atoms with E-state index in [0.29, 0.717) is 16.5 Å². The van der Waals surface area contributed by atoms with Crippen LogP contribution in [0.3, 0.4) is 0 Å². The van der Waals surface area contributed by atoms with Crippen LogP contribution < -0.4 is 0 Å². The predicted molar refractivity (Wildman–Crippen MR) is 83.9 cm³/mol. The van der Waals surface area contributed by atoms with Crippen LogP contribution in [0.2, 0.25) is 5.02 Å². The van der Waals surface area contributed by atoms with Gasteiger partial charge in [-0.2, -0.15) is 0 Å². The van der Waals surface area contributed by atoms with Gasteiger partial charge in [0.2, 0.25) is 0 Å². The average Bonchev–Trinajstić information content (AvgIpc) is 2.90. The van der Waals surface area contributed by atoms with E-state index >= 15 is 0 Å². The van der Waals surface area contributed by atoms with Crippen molar-refractivity contribution in [3.05, 3.63) is 58.9 Å². The molecule has 1 N–H and O–H groups in total.